The number of methoxy groups -OCH3 is 1. The molecule has 0 fully saturated rings. The monoisotopic (exact) mass is 449 g/mol. The first kappa shape index (κ1) is 28.0. The van der Waals surface area contributed by atoms with Crippen LogP contribution < -0.4 is 10.5 Å². The van der Waals surface area contributed by atoms with Gasteiger partial charge in [-0.25, -0.2) is 0 Å². The Morgan fingerprint density at radius 2 is 1.59 bits per heavy atom. The normalized spacial score (nSPS) is 13.8. The Labute approximate surface area is 194 Å². The van der Waals surface area contributed by atoms with Crippen LogP contribution >= 0.6 is 0 Å². The van der Waals surface area contributed by atoms with E-state index in [0.29, 0.717) is 19.4 Å². The van der Waals surface area contributed by atoms with Gasteiger partial charge in [0.25, 0.3) is 0 Å². The highest BCUT2D eigenvalue weighted by molar-refractivity contribution is 6.01. The smallest absolute Gasteiger partial charge is 0.325 e. The molecule has 32 heavy (non-hydrogen) atoms. The fourth-order valence-electron chi connectivity index (χ4n) is 3.88. The van der Waals surface area contributed by atoms with Crippen molar-refractivity contribution in [2.75, 3.05) is 20.3 Å². The minimum atomic E-state index is -1.51. The maximum absolute atomic E-state index is 12.9. The molecular formula is C26H43NO5. The van der Waals surface area contributed by atoms with Gasteiger partial charge in [0.15, 0.2) is 5.41 Å². The number of nitrogens with two attached hydrogens (primary N) is 1. The van der Waals surface area contributed by atoms with Gasteiger partial charge in [0, 0.05) is 6.04 Å². The average Bonchev–Trinajstić information content (AvgIpc) is 2.81. The predicted molar refractivity (Wildman–Crippen MR) is 128 cm³/mol. The van der Waals surface area contributed by atoms with E-state index in [9.17, 15) is 9.59 Å². The van der Waals surface area contributed by atoms with E-state index in [-0.39, 0.29) is 13.0 Å². The van der Waals surface area contributed by atoms with Gasteiger partial charge in [-0.15, -0.1) is 0 Å². The molecule has 2 atom stereocenters. The van der Waals surface area contributed by atoms with E-state index in [2.05, 4.69) is 6.92 Å². The van der Waals surface area contributed by atoms with Crippen molar-refractivity contribution in [1.82, 2.24) is 0 Å². The predicted octanol–water partition coefficient (Wildman–Crippen LogP) is 5.21. The molecule has 0 heterocycles. The second-order valence-electron chi connectivity index (χ2n) is 8.34. The molecule has 1 aromatic rings. The number of benzene rings is 1. The Bertz CT molecular complexity index is 661. The van der Waals surface area contributed by atoms with E-state index in [1.807, 2.05) is 31.2 Å². The lowest BCUT2D eigenvalue weighted by atomic mass is 9.74. The van der Waals surface area contributed by atoms with Crippen molar-refractivity contribution < 1.29 is 23.8 Å². The van der Waals surface area contributed by atoms with Crippen LogP contribution in [0.4, 0.5) is 0 Å². The zero-order valence-corrected chi connectivity index (χ0v) is 20.5. The fraction of sp³-hybridized carbons (Fsp3) is 0.692. The molecule has 0 saturated heterocycles. The van der Waals surface area contributed by atoms with Gasteiger partial charge in [-0.3, -0.25) is 9.59 Å². The lowest BCUT2D eigenvalue weighted by Crippen LogP contribution is -2.54. The maximum atomic E-state index is 12.9. The Kier molecular flexibility index (Phi) is 13.7. The molecule has 182 valence electrons. The first-order valence-electron chi connectivity index (χ1n) is 12.2. The number of aryl methyl sites for hydroxylation is 1. The van der Waals surface area contributed by atoms with Gasteiger partial charge >= 0.3 is 11.9 Å². The molecule has 0 spiro atoms. The molecular weight excluding hydrogens is 406 g/mol. The molecule has 2 N–H and O–H groups in total. The van der Waals surface area contributed by atoms with Gasteiger partial charge in [-0.2, -0.15) is 0 Å². The SMILES string of the molecule is CCCCCCCOc1ccc(CCC(C(=O)OC)(C(=O)OCC)C(N)CCCC)cc1. The van der Waals surface area contributed by atoms with Crippen LogP contribution in [-0.4, -0.2) is 38.3 Å². The van der Waals surface area contributed by atoms with Crippen LogP contribution in [0, 0.1) is 5.41 Å². The van der Waals surface area contributed by atoms with Crippen molar-refractivity contribution in [2.45, 2.75) is 91.0 Å². The van der Waals surface area contributed by atoms with Gasteiger partial charge in [-0.05, 0) is 50.3 Å². The van der Waals surface area contributed by atoms with Gasteiger partial charge in [-0.1, -0.05) is 64.5 Å². The van der Waals surface area contributed by atoms with Crippen molar-refractivity contribution >= 4 is 11.9 Å². The van der Waals surface area contributed by atoms with E-state index >= 15 is 0 Å². The van der Waals surface area contributed by atoms with E-state index in [1.165, 1.54) is 32.8 Å². The zero-order valence-electron chi connectivity index (χ0n) is 20.5. The number of carbonyl (C=O) groups is 2. The van der Waals surface area contributed by atoms with Crippen molar-refractivity contribution in [3.63, 3.8) is 0 Å². The highest BCUT2D eigenvalue weighted by atomic mass is 16.6. The van der Waals surface area contributed by atoms with E-state index in [1.54, 1.807) is 6.92 Å². The molecule has 0 saturated carbocycles. The summed E-state index contributed by atoms with van der Waals surface area (Å²) in [6.45, 7) is 6.87. The summed E-state index contributed by atoms with van der Waals surface area (Å²) in [5.41, 5.74) is 5.91. The Morgan fingerprint density at radius 3 is 2.19 bits per heavy atom. The van der Waals surface area contributed by atoms with E-state index < -0.39 is 23.4 Å². The molecule has 0 aliphatic carbocycles. The van der Waals surface area contributed by atoms with Crippen LogP contribution in [0.2, 0.25) is 0 Å². The second-order valence-corrected chi connectivity index (χ2v) is 8.34. The molecule has 0 aromatic heterocycles. The van der Waals surface area contributed by atoms with Crippen molar-refractivity contribution in [2.24, 2.45) is 11.1 Å². The Morgan fingerprint density at radius 1 is 0.938 bits per heavy atom. The summed E-state index contributed by atoms with van der Waals surface area (Å²) in [6, 6.07) is 7.14. The van der Waals surface area contributed by atoms with Crippen LogP contribution in [-0.2, 0) is 25.5 Å². The van der Waals surface area contributed by atoms with Crippen LogP contribution in [0.5, 0.6) is 5.75 Å². The first-order chi connectivity index (χ1) is 15.5. The summed E-state index contributed by atoms with van der Waals surface area (Å²) in [4.78, 5) is 25.8. The maximum Gasteiger partial charge on any atom is 0.325 e. The lowest BCUT2D eigenvalue weighted by molar-refractivity contribution is -0.173. The topological polar surface area (TPSA) is 87.8 Å². The quantitative estimate of drug-likeness (QED) is 0.200. The number of esters is 2. The first-order valence-corrected chi connectivity index (χ1v) is 12.2. The van der Waals surface area contributed by atoms with Crippen molar-refractivity contribution in [3.8, 4) is 5.75 Å². The van der Waals surface area contributed by atoms with Crippen LogP contribution in [0.25, 0.3) is 0 Å². The highest BCUT2D eigenvalue weighted by Gasteiger charge is 2.52. The Hall–Kier alpha value is -2.08. The number of rotatable bonds is 17. The number of ether oxygens (including phenoxy) is 3. The van der Waals surface area contributed by atoms with Crippen LogP contribution in [0.3, 0.4) is 0 Å². The zero-order chi connectivity index (χ0) is 23.8. The molecule has 6 nitrogen and oxygen atoms in total. The fourth-order valence-corrected chi connectivity index (χ4v) is 3.88. The van der Waals surface area contributed by atoms with E-state index in [4.69, 9.17) is 19.9 Å². The lowest BCUT2D eigenvalue weighted by Gasteiger charge is -2.34. The third-order valence-electron chi connectivity index (χ3n) is 5.94. The van der Waals surface area contributed by atoms with Gasteiger partial charge in [0.05, 0.1) is 20.3 Å². The minimum absolute atomic E-state index is 0.183. The van der Waals surface area contributed by atoms with Gasteiger partial charge in [0.1, 0.15) is 5.75 Å². The summed E-state index contributed by atoms with van der Waals surface area (Å²) in [5.74, 6) is -0.394. The second kappa shape index (κ2) is 15.7. The molecule has 2 unspecified atom stereocenters. The number of carbonyl (C=O) groups excluding carboxylic acids is 2. The van der Waals surface area contributed by atoms with Crippen molar-refractivity contribution in [1.29, 1.82) is 0 Å². The number of hydrogen-bond donors (Lipinski definition) is 1. The largest absolute Gasteiger partial charge is 0.494 e. The average molecular weight is 450 g/mol. The van der Waals surface area contributed by atoms with Crippen LogP contribution in [0.1, 0.15) is 84.1 Å². The summed E-state index contributed by atoms with van der Waals surface area (Å²) in [5, 5.41) is 0. The molecule has 0 bridgehead atoms. The van der Waals surface area contributed by atoms with E-state index in [0.717, 1.165) is 30.6 Å². The highest BCUT2D eigenvalue weighted by Crippen LogP contribution is 2.34. The molecule has 0 aliphatic rings. The molecule has 0 radical (unpaired) electrons. The third kappa shape index (κ3) is 8.45. The molecule has 1 aromatic carbocycles. The minimum Gasteiger partial charge on any atom is -0.494 e. The molecule has 0 amide bonds. The number of hydrogen-bond acceptors (Lipinski definition) is 6. The molecule has 6 heteroatoms. The van der Waals surface area contributed by atoms with Gasteiger partial charge < -0.3 is 19.9 Å². The number of unbranched alkanes of at least 4 members (excludes halogenated alkanes) is 5. The summed E-state index contributed by atoms with van der Waals surface area (Å²) >= 11 is 0. The Balaban J connectivity index is 2.83. The standard InChI is InChI=1S/C26H43NO5/c1-5-8-10-11-12-20-32-22-16-14-21(15-17-22)18-19-26(24(28)30-4,25(29)31-7-3)23(27)13-9-6-2/h14-17,23H,5-13,18-20,27H2,1-4H3. The summed E-state index contributed by atoms with van der Waals surface area (Å²) < 4.78 is 16.1. The molecule has 1 rings (SSSR count). The molecule has 0 aliphatic heterocycles. The van der Waals surface area contributed by atoms with Crippen LogP contribution in [0.15, 0.2) is 24.3 Å². The van der Waals surface area contributed by atoms with Crippen molar-refractivity contribution in [3.05, 3.63) is 29.8 Å². The summed E-state index contributed by atoms with van der Waals surface area (Å²) in [6.07, 6.45) is 9.04. The summed E-state index contributed by atoms with van der Waals surface area (Å²) in [7, 11) is 1.29. The van der Waals surface area contributed by atoms with Gasteiger partial charge in [0.2, 0.25) is 0 Å². The third-order valence-corrected chi connectivity index (χ3v) is 5.94.